The Balaban J connectivity index is 2.00. The van der Waals surface area contributed by atoms with E-state index in [1.807, 2.05) is 30.3 Å². The monoisotopic (exact) mass is 556 g/mol. The number of carboxylic acid groups (broad SMARTS) is 1. The van der Waals surface area contributed by atoms with Gasteiger partial charge in [-0.05, 0) is 70.0 Å². The fourth-order valence-electron chi connectivity index (χ4n) is 4.63. The number of amides is 3. The van der Waals surface area contributed by atoms with Crippen LogP contribution in [0.1, 0.15) is 51.2 Å². The summed E-state index contributed by atoms with van der Waals surface area (Å²) in [5.41, 5.74) is -0.846. The van der Waals surface area contributed by atoms with E-state index in [-0.39, 0.29) is 25.9 Å². The lowest BCUT2D eigenvalue weighted by Crippen LogP contribution is -2.66. The van der Waals surface area contributed by atoms with Crippen LogP contribution in [0.5, 0.6) is 0 Å². The van der Waals surface area contributed by atoms with Crippen LogP contribution in [-0.4, -0.2) is 64.2 Å². The normalized spacial score (nSPS) is 15.4. The van der Waals surface area contributed by atoms with Gasteiger partial charge in [0.05, 0.1) is 6.42 Å². The Morgan fingerprint density at radius 2 is 1.65 bits per heavy atom. The van der Waals surface area contributed by atoms with Gasteiger partial charge in [-0.2, -0.15) is 0 Å². The molecule has 0 unspecified atom stereocenters. The highest BCUT2D eigenvalue weighted by atomic mass is 19.1. The maximum absolute atomic E-state index is 14.2. The molecule has 0 aliphatic carbocycles. The molecule has 1 atom stereocenters. The molecule has 1 fully saturated rings. The van der Waals surface area contributed by atoms with E-state index in [1.54, 1.807) is 20.8 Å². The first-order valence-electron chi connectivity index (χ1n) is 13.2. The van der Waals surface area contributed by atoms with Crippen molar-refractivity contribution in [1.82, 2.24) is 20.9 Å². The summed E-state index contributed by atoms with van der Waals surface area (Å²) in [7, 11) is 0. The molecule has 40 heavy (non-hydrogen) atoms. The summed E-state index contributed by atoms with van der Waals surface area (Å²) < 4.78 is 18.9. The predicted molar refractivity (Wildman–Crippen MR) is 145 cm³/mol. The van der Waals surface area contributed by atoms with E-state index in [0.29, 0.717) is 18.7 Å². The molecular weight excluding hydrogens is 519 g/mol. The van der Waals surface area contributed by atoms with Gasteiger partial charge in [-0.3, -0.25) is 14.4 Å². The lowest BCUT2D eigenvalue weighted by atomic mass is 9.84. The molecule has 0 radical (unpaired) electrons. The van der Waals surface area contributed by atoms with Gasteiger partial charge in [0.1, 0.15) is 23.0 Å². The molecule has 3 rings (SSSR count). The second-order valence-electron chi connectivity index (χ2n) is 10.8. The van der Waals surface area contributed by atoms with Gasteiger partial charge >= 0.3 is 12.1 Å². The Hall–Kier alpha value is -3.99. The van der Waals surface area contributed by atoms with E-state index in [2.05, 4.69) is 16.0 Å². The zero-order chi connectivity index (χ0) is 29.3. The number of hydrogen-bond acceptors (Lipinski definition) is 6. The fraction of sp³-hybridized carbons (Fsp3) is 0.448. The quantitative estimate of drug-likeness (QED) is 0.353. The van der Waals surface area contributed by atoms with Crippen LogP contribution in [0.4, 0.5) is 9.18 Å². The standard InChI is InChI=1S/C29H37FN4O6/c1-28(2,3)40-27(39)33-23(17-24(35)36)25(37)34(19-21-9-11-22(30)12-10-21)29(13-15-31-16-14-29)26(38)32-18-20-7-5-4-6-8-20/h4-12,23,31H,13-19H2,1-3H3,(H,32,38)(H,33,39)(H,35,36)/t23-/m0/s1. The number of ether oxygens (including phenoxy) is 1. The second kappa shape index (κ2) is 13.4. The van der Waals surface area contributed by atoms with E-state index in [0.717, 1.165) is 5.56 Å². The lowest BCUT2D eigenvalue weighted by Gasteiger charge is -2.46. The van der Waals surface area contributed by atoms with E-state index < -0.39 is 53.3 Å². The lowest BCUT2D eigenvalue weighted by molar-refractivity contribution is -0.154. The summed E-state index contributed by atoms with van der Waals surface area (Å²) in [5, 5.41) is 18.1. The molecule has 216 valence electrons. The van der Waals surface area contributed by atoms with Gasteiger partial charge < -0.3 is 30.7 Å². The summed E-state index contributed by atoms with van der Waals surface area (Å²) in [5.74, 6) is -2.94. The maximum atomic E-state index is 14.2. The first-order chi connectivity index (χ1) is 18.9. The van der Waals surface area contributed by atoms with Crippen molar-refractivity contribution in [3.63, 3.8) is 0 Å². The average Bonchev–Trinajstić information content (AvgIpc) is 2.90. The van der Waals surface area contributed by atoms with Gasteiger partial charge in [0.25, 0.3) is 0 Å². The Labute approximate surface area is 233 Å². The molecule has 2 aromatic carbocycles. The van der Waals surface area contributed by atoms with Crippen molar-refractivity contribution in [1.29, 1.82) is 0 Å². The number of halogens is 1. The van der Waals surface area contributed by atoms with Gasteiger partial charge in [-0.1, -0.05) is 42.5 Å². The Morgan fingerprint density at radius 3 is 2.23 bits per heavy atom. The molecule has 0 aromatic heterocycles. The van der Waals surface area contributed by atoms with Crippen molar-refractivity contribution < 1.29 is 33.4 Å². The molecule has 0 bridgehead atoms. The Kier molecular flexibility index (Phi) is 10.2. The first-order valence-corrected chi connectivity index (χ1v) is 13.2. The van der Waals surface area contributed by atoms with Crippen LogP contribution in [0.2, 0.25) is 0 Å². The highest BCUT2D eigenvalue weighted by Gasteiger charge is 2.48. The highest BCUT2D eigenvalue weighted by Crippen LogP contribution is 2.30. The van der Waals surface area contributed by atoms with E-state index in [1.165, 1.54) is 29.2 Å². The van der Waals surface area contributed by atoms with Crippen LogP contribution in [0, 0.1) is 5.82 Å². The topological polar surface area (TPSA) is 137 Å². The van der Waals surface area contributed by atoms with Crippen LogP contribution >= 0.6 is 0 Å². The third-order valence-corrected chi connectivity index (χ3v) is 6.55. The number of alkyl carbamates (subject to hydrolysis) is 1. The zero-order valence-electron chi connectivity index (χ0n) is 23.0. The molecule has 10 nitrogen and oxygen atoms in total. The van der Waals surface area contributed by atoms with E-state index >= 15 is 0 Å². The number of carboxylic acids is 1. The third kappa shape index (κ3) is 8.51. The largest absolute Gasteiger partial charge is 0.481 e. The summed E-state index contributed by atoms with van der Waals surface area (Å²) in [6, 6.07) is 13.3. The minimum absolute atomic E-state index is 0.107. The molecule has 4 N–H and O–H groups in total. The number of benzene rings is 2. The molecule has 1 saturated heterocycles. The van der Waals surface area contributed by atoms with Gasteiger partial charge in [0.2, 0.25) is 11.8 Å². The van der Waals surface area contributed by atoms with E-state index in [9.17, 15) is 28.7 Å². The van der Waals surface area contributed by atoms with Gasteiger partial charge in [0.15, 0.2) is 0 Å². The average molecular weight is 557 g/mol. The zero-order valence-corrected chi connectivity index (χ0v) is 23.0. The van der Waals surface area contributed by atoms with Crippen LogP contribution < -0.4 is 16.0 Å². The van der Waals surface area contributed by atoms with Crippen LogP contribution in [0.15, 0.2) is 54.6 Å². The highest BCUT2D eigenvalue weighted by molar-refractivity contribution is 5.95. The van der Waals surface area contributed by atoms with Gasteiger partial charge in [0, 0.05) is 13.1 Å². The Morgan fingerprint density at radius 1 is 1.02 bits per heavy atom. The summed E-state index contributed by atoms with van der Waals surface area (Å²) >= 11 is 0. The van der Waals surface area contributed by atoms with Crippen LogP contribution in [0.25, 0.3) is 0 Å². The summed E-state index contributed by atoms with van der Waals surface area (Å²) in [4.78, 5) is 53.7. The van der Waals surface area contributed by atoms with Crippen LogP contribution in [0.3, 0.4) is 0 Å². The first kappa shape index (κ1) is 30.6. The number of nitrogens with one attached hydrogen (secondary N) is 3. The minimum Gasteiger partial charge on any atom is -0.481 e. The molecule has 1 aliphatic rings. The van der Waals surface area contributed by atoms with Crippen LogP contribution in [-0.2, 0) is 32.2 Å². The predicted octanol–water partition coefficient (Wildman–Crippen LogP) is 2.96. The number of carbonyl (C=O) groups is 4. The molecule has 2 aromatic rings. The van der Waals surface area contributed by atoms with Crippen molar-refractivity contribution in [2.45, 2.75) is 70.3 Å². The molecule has 1 aliphatic heterocycles. The smallest absolute Gasteiger partial charge is 0.408 e. The SMILES string of the molecule is CC(C)(C)OC(=O)N[C@@H](CC(=O)O)C(=O)N(Cc1ccc(F)cc1)C1(C(=O)NCc2ccccc2)CCNCC1. The van der Waals surface area contributed by atoms with E-state index in [4.69, 9.17) is 4.74 Å². The molecule has 3 amide bonds. The van der Waals surface area contributed by atoms with Crippen molar-refractivity contribution in [3.8, 4) is 0 Å². The van der Waals surface area contributed by atoms with Crippen molar-refractivity contribution >= 4 is 23.9 Å². The number of hydrogen-bond donors (Lipinski definition) is 4. The molecular formula is C29H37FN4O6. The Bertz CT molecular complexity index is 1180. The molecule has 0 saturated carbocycles. The van der Waals surface area contributed by atoms with Crippen molar-refractivity contribution in [2.75, 3.05) is 13.1 Å². The number of aliphatic carboxylic acids is 1. The van der Waals surface area contributed by atoms with Gasteiger partial charge in [-0.15, -0.1) is 0 Å². The number of carbonyl (C=O) groups excluding carboxylic acids is 3. The summed E-state index contributed by atoms with van der Waals surface area (Å²) in [6.07, 6.45) is -1.20. The fourth-order valence-corrected chi connectivity index (χ4v) is 4.63. The second-order valence-corrected chi connectivity index (χ2v) is 10.8. The number of nitrogens with zero attached hydrogens (tertiary/aromatic N) is 1. The van der Waals surface area contributed by atoms with Crippen molar-refractivity contribution in [3.05, 3.63) is 71.5 Å². The number of piperidine rings is 1. The minimum atomic E-state index is -1.51. The third-order valence-electron chi connectivity index (χ3n) is 6.55. The van der Waals surface area contributed by atoms with Gasteiger partial charge in [-0.25, -0.2) is 9.18 Å². The molecule has 1 heterocycles. The summed E-state index contributed by atoms with van der Waals surface area (Å²) in [6.45, 7) is 5.89. The number of rotatable bonds is 10. The maximum Gasteiger partial charge on any atom is 0.408 e. The molecule has 11 heteroatoms. The molecule has 0 spiro atoms. The van der Waals surface area contributed by atoms with Crippen molar-refractivity contribution in [2.24, 2.45) is 0 Å².